The Morgan fingerprint density at radius 3 is 2.31 bits per heavy atom. The normalized spacial score (nSPS) is 21.5. The molecule has 4 heteroatoms. The van der Waals surface area contributed by atoms with Gasteiger partial charge in [-0.1, -0.05) is 13.8 Å². The number of amides is 2. The van der Waals surface area contributed by atoms with E-state index in [1.165, 1.54) is 7.05 Å². The Labute approximate surface area is 78.9 Å². The summed E-state index contributed by atoms with van der Waals surface area (Å²) in [5, 5.41) is 0. The predicted octanol–water partition coefficient (Wildman–Crippen LogP) is 0.806. The molecule has 2 amide bonds. The van der Waals surface area contributed by atoms with E-state index in [4.69, 9.17) is 4.74 Å². The van der Waals surface area contributed by atoms with E-state index < -0.39 is 6.10 Å². The number of ether oxygens (including phenoxy) is 1. The van der Waals surface area contributed by atoms with Gasteiger partial charge in [-0.25, -0.2) is 0 Å². The predicted molar refractivity (Wildman–Crippen MR) is 49.2 cm³/mol. The van der Waals surface area contributed by atoms with E-state index in [0.717, 1.165) is 4.90 Å². The van der Waals surface area contributed by atoms with Crippen LogP contribution in [0, 0.1) is 0 Å². The molecule has 0 aliphatic carbocycles. The van der Waals surface area contributed by atoms with Gasteiger partial charge in [0.1, 0.15) is 6.10 Å². The Balaban J connectivity index is 0.000000671. The molecule has 1 aliphatic rings. The number of likely N-dealkylation sites (N-methyl/N-ethyl adjacent to an activating group) is 1. The van der Waals surface area contributed by atoms with Crippen molar-refractivity contribution in [2.24, 2.45) is 0 Å². The molecule has 0 spiro atoms. The van der Waals surface area contributed by atoms with Crippen molar-refractivity contribution in [1.29, 1.82) is 0 Å². The lowest BCUT2D eigenvalue weighted by Crippen LogP contribution is -2.28. The minimum Gasteiger partial charge on any atom is -0.368 e. The number of imide groups is 1. The third-order valence-corrected chi connectivity index (χ3v) is 1.71. The Bertz CT molecular complexity index is 191. The fourth-order valence-electron chi connectivity index (χ4n) is 1.05. The van der Waals surface area contributed by atoms with Crippen LogP contribution in [0.2, 0.25) is 0 Å². The molecule has 0 bridgehead atoms. The Hall–Kier alpha value is -0.900. The first-order chi connectivity index (χ1) is 6.16. The van der Waals surface area contributed by atoms with Crippen LogP contribution >= 0.6 is 0 Å². The van der Waals surface area contributed by atoms with Gasteiger partial charge in [-0.3, -0.25) is 14.5 Å². The first kappa shape index (κ1) is 12.1. The lowest BCUT2D eigenvalue weighted by molar-refractivity contribution is -0.140. The zero-order valence-electron chi connectivity index (χ0n) is 8.66. The summed E-state index contributed by atoms with van der Waals surface area (Å²) in [7, 11) is 1.48. The first-order valence-corrected chi connectivity index (χ1v) is 4.58. The fourth-order valence-corrected chi connectivity index (χ4v) is 1.05. The lowest BCUT2D eigenvalue weighted by Gasteiger charge is -2.07. The average Bonchev–Trinajstić information content (AvgIpc) is 2.38. The quantitative estimate of drug-likeness (QED) is 0.601. The molecular formula is C9H17NO3. The van der Waals surface area contributed by atoms with Crippen LogP contribution in [0.25, 0.3) is 0 Å². The van der Waals surface area contributed by atoms with Crippen LogP contribution < -0.4 is 0 Å². The zero-order valence-corrected chi connectivity index (χ0v) is 8.66. The van der Waals surface area contributed by atoms with Crippen LogP contribution in [0.15, 0.2) is 0 Å². The maximum atomic E-state index is 11.1. The van der Waals surface area contributed by atoms with Crippen LogP contribution in [0.1, 0.15) is 27.2 Å². The van der Waals surface area contributed by atoms with Gasteiger partial charge < -0.3 is 4.74 Å². The van der Waals surface area contributed by atoms with Crippen molar-refractivity contribution in [3.63, 3.8) is 0 Å². The number of hydrogen-bond acceptors (Lipinski definition) is 3. The topological polar surface area (TPSA) is 46.6 Å². The van der Waals surface area contributed by atoms with E-state index in [2.05, 4.69) is 0 Å². The molecule has 1 atom stereocenters. The Morgan fingerprint density at radius 1 is 1.46 bits per heavy atom. The van der Waals surface area contributed by atoms with Crippen LogP contribution in [0.3, 0.4) is 0 Å². The number of nitrogens with zero attached hydrogens (tertiary/aromatic N) is 1. The van der Waals surface area contributed by atoms with E-state index in [-0.39, 0.29) is 18.2 Å². The third kappa shape index (κ3) is 2.81. The summed E-state index contributed by atoms with van der Waals surface area (Å²) in [6.07, 6.45) is -0.333. The average molecular weight is 187 g/mol. The summed E-state index contributed by atoms with van der Waals surface area (Å²) < 4.78 is 5.04. The van der Waals surface area contributed by atoms with E-state index in [9.17, 15) is 9.59 Å². The highest BCUT2D eigenvalue weighted by molar-refractivity contribution is 6.04. The van der Waals surface area contributed by atoms with Crippen molar-refractivity contribution in [2.75, 3.05) is 13.7 Å². The molecule has 1 heterocycles. The fraction of sp³-hybridized carbons (Fsp3) is 0.778. The molecule has 0 aromatic carbocycles. The highest BCUT2D eigenvalue weighted by Crippen LogP contribution is 2.13. The first-order valence-electron chi connectivity index (χ1n) is 4.58. The zero-order chi connectivity index (χ0) is 10.4. The number of hydrogen-bond donors (Lipinski definition) is 0. The summed E-state index contributed by atoms with van der Waals surface area (Å²) in [5.74, 6) is -0.384. The number of carbonyl (C=O) groups excluding carboxylic acids is 2. The van der Waals surface area contributed by atoms with Crippen molar-refractivity contribution in [3.05, 3.63) is 0 Å². The molecule has 13 heavy (non-hydrogen) atoms. The number of carbonyl (C=O) groups is 2. The van der Waals surface area contributed by atoms with Gasteiger partial charge in [0, 0.05) is 13.7 Å². The Kier molecular flexibility index (Phi) is 5.30. The van der Waals surface area contributed by atoms with Crippen LogP contribution in [0.4, 0.5) is 0 Å². The SMILES string of the molecule is CC.CCOC1CC(=O)N(C)C1=O. The molecule has 1 rings (SSSR count). The molecule has 0 aromatic rings. The standard InChI is InChI=1S/C7H11NO3.C2H6/c1-3-11-5-4-6(9)8(2)7(5)10;1-2/h5H,3-4H2,1-2H3;1-2H3. The molecule has 76 valence electrons. The van der Waals surface area contributed by atoms with Crippen molar-refractivity contribution in [2.45, 2.75) is 33.3 Å². The Morgan fingerprint density at radius 2 is 2.00 bits per heavy atom. The van der Waals surface area contributed by atoms with Crippen molar-refractivity contribution in [1.82, 2.24) is 4.90 Å². The van der Waals surface area contributed by atoms with Gasteiger partial charge in [0.05, 0.1) is 6.42 Å². The minimum absolute atomic E-state index is 0.159. The second-order valence-corrected chi connectivity index (χ2v) is 2.44. The van der Waals surface area contributed by atoms with Gasteiger partial charge in [-0.05, 0) is 6.92 Å². The molecule has 0 saturated carbocycles. The summed E-state index contributed by atoms with van der Waals surface area (Å²) in [4.78, 5) is 23.1. The molecule has 1 saturated heterocycles. The second-order valence-electron chi connectivity index (χ2n) is 2.44. The van der Waals surface area contributed by atoms with Gasteiger partial charge in [0.25, 0.3) is 5.91 Å². The van der Waals surface area contributed by atoms with E-state index in [1.807, 2.05) is 13.8 Å². The van der Waals surface area contributed by atoms with Crippen LogP contribution in [-0.4, -0.2) is 36.5 Å². The highest BCUT2D eigenvalue weighted by atomic mass is 16.5. The van der Waals surface area contributed by atoms with Gasteiger partial charge in [-0.2, -0.15) is 0 Å². The smallest absolute Gasteiger partial charge is 0.258 e. The molecule has 1 fully saturated rings. The maximum Gasteiger partial charge on any atom is 0.258 e. The van der Waals surface area contributed by atoms with Crippen LogP contribution in [0.5, 0.6) is 0 Å². The summed E-state index contributed by atoms with van der Waals surface area (Å²) in [5.41, 5.74) is 0. The summed E-state index contributed by atoms with van der Waals surface area (Å²) in [6, 6.07) is 0. The minimum atomic E-state index is -0.530. The van der Waals surface area contributed by atoms with E-state index in [0.29, 0.717) is 6.61 Å². The molecule has 1 unspecified atom stereocenters. The van der Waals surface area contributed by atoms with Gasteiger partial charge in [0.15, 0.2) is 0 Å². The third-order valence-electron chi connectivity index (χ3n) is 1.71. The number of rotatable bonds is 2. The van der Waals surface area contributed by atoms with Crippen molar-refractivity contribution < 1.29 is 14.3 Å². The van der Waals surface area contributed by atoms with Gasteiger partial charge >= 0.3 is 0 Å². The number of likely N-dealkylation sites (tertiary alicyclic amines) is 1. The maximum absolute atomic E-state index is 11.1. The summed E-state index contributed by atoms with van der Waals surface area (Å²) in [6.45, 7) is 6.27. The summed E-state index contributed by atoms with van der Waals surface area (Å²) >= 11 is 0. The molecule has 0 radical (unpaired) electrons. The van der Waals surface area contributed by atoms with Crippen molar-refractivity contribution >= 4 is 11.8 Å². The molecule has 0 N–H and O–H groups in total. The highest BCUT2D eigenvalue weighted by Gasteiger charge is 2.36. The van der Waals surface area contributed by atoms with Gasteiger partial charge in [0.2, 0.25) is 5.91 Å². The van der Waals surface area contributed by atoms with Crippen molar-refractivity contribution in [3.8, 4) is 0 Å². The second kappa shape index (κ2) is 5.70. The molecule has 4 nitrogen and oxygen atoms in total. The van der Waals surface area contributed by atoms with E-state index >= 15 is 0 Å². The van der Waals surface area contributed by atoms with Gasteiger partial charge in [-0.15, -0.1) is 0 Å². The monoisotopic (exact) mass is 187 g/mol. The van der Waals surface area contributed by atoms with E-state index in [1.54, 1.807) is 6.92 Å². The largest absolute Gasteiger partial charge is 0.368 e. The molecular weight excluding hydrogens is 170 g/mol. The molecule has 1 aliphatic heterocycles. The lowest BCUT2D eigenvalue weighted by atomic mass is 10.3. The van der Waals surface area contributed by atoms with Crippen LogP contribution in [-0.2, 0) is 14.3 Å². The molecule has 0 aromatic heterocycles.